The number of hydrogen-bond donors (Lipinski definition) is 1. The highest BCUT2D eigenvalue weighted by Crippen LogP contribution is 2.21. The van der Waals surface area contributed by atoms with Crippen LogP contribution in [0.15, 0.2) is 0 Å². The molecule has 0 heterocycles. The number of halogens is 6. The maximum Gasteiger partial charge on any atom is 0.341 e. The first-order valence-corrected chi connectivity index (χ1v) is 3.36. The average molecular weight is 224 g/mol. The van der Waals surface area contributed by atoms with E-state index in [1.807, 2.05) is 0 Å². The van der Waals surface area contributed by atoms with Gasteiger partial charge in [0.15, 0.2) is 18.5 Å². The van der Waals surface area contributed by atoms with Crippen LogP contribution in [0.4, 0.5) is 26.3 Å². The zero-order chi connectivity index (χ0) is 11.5. The number of hydrogen-bond acceptors (Lipinski definition) is 1. The minimum atomic E-state index is -3.83. The van der Waals surface area contributed by atoms with Crippen molar-refractivity contribution >= 4 is 5.97 Å². The SMILES string of the molecule is O=C(O)C(F)C(F)C(F)C(F)C(F)F. The van der Waals surface area contributed by atoms with Crippen molar-refractivity contribution in [2.45, 2.75) is 31.1 Å². The summed E-state index contributed by atoms with van der Waals surface area (Å²) in [6.45, 7) is 0. The van der Waals surface area contributed by atoms with Crippen LogP contribution in [0.3, 0.4) is 0 Å². The lowest BCUT2D eigenvalue weighted by molar-refractivity contribution is -0.148. The molecule has 0 fully saturated rings. The molecule has 0 aromatic heterocycles. The molecule has 0 amide bonds. The van der Waals surface area contributed by atoms with E-state index in [1.54, 1.807) is 0 Å². The molecule has 14 heavy (non-hydrogen) atoms. The number of carboxylic acid groups (broad SMARTS) is 1. The Morgan fingerprint density at radius 1 is 0.857 bits per heavy atom. The highest BCUT2D eigenvalue weighted by Gasteiger charge is 2.43. The maximum absolute atomic E-state index is 12.3. The van der Waals surface area contributed by atoms with Gasteiger partial charge in [-0.25, -0.2) is 31.1 Å². The molecular formula is C6H6F6O2. The Kier molecular flexibility index (Phi) is 4.72. The predicted molar refractivity (Wildman–Crippen MR) is 33.2 cm³/mol. The molecule has 0 aromatic carbocycles. The largest absolute Gasteiger partial charge is 0.479 e. The molecule has 84 valence electrons. The lowest BCUT2D eigenvalue weighted by atomic mass is 10.1. The van der Waals surface area contributed by atoms with Crippen molar-refractivity contribution in [3.05, 3.63) is 0 Å². The van der Waals surface area contributed by atoms with Crippen molar-refractivity contribution in [2.75, 3.05) is 0 Å². The van der Waals surface area contributed by atoms with Crippen molar-refractivity contribution in [3.8, 4) is 0 Å². The number of alkyl halides is 6. The zero-order valence-corrected chi connectivity index (χ0v) is 6.51. The van der Waals surface area contributed by atoms with Gasteiger partial charge in [0.2, 0.25) is 6.17 Å². The van der Waals surface area contributed by atoms with Crippen molar-refractivity contribution < 1.29 is 36.2 Å². The first-order valence-electron chi connectivity index (χ1n) is 3.36. The lowest BCUT2D eigenvalue weighted by Crippen LogP contribution is -2.41. The molecule has 0 bridgehead atoms. The fourth-order valence-electron chi connectivity index (χ4n) is 0.612. The molecule has 0 saturated carbocycles. The van der Waals surface area contributed by atoms with Crippen LogP contribution in [0.1, 0.15) is 0 Å². The fourth-order valence-corrected chi connectivity index (χ4v) is 0.612. The number of aliphatic carboxylic acids is 1. The van der Waals surface area contributed by atoms with Crippen LogP contribution < -0.4 is 0 Å². The highest BCUT2D eigenvalue weighted by atomic mass is 19.3. The molecule has 8 heteroatoms. The van der Waals surface area contributed by atoms with Crippen LogP contribution in [0.25, 0.3) is 0 Å². The van der Waals surface area contributed by atoms with Crippen LogP contribution in [-0.2, 0) is 4.79 Å². The van der Waals surface area contributed by atoms with Gasteiger partial charge < -0.3 is 5.11 Å². The van der Waals surface area contributed by atoms with Gasteiger partial charge in [0.25, 0.3) is 6.43 Å². The molecule has 1 N–H and O–H groups in total. The van der Waals surface area contributed by atoms with Gasteiger partial charge >= 0.3 is 5.97 Å². The Labute approximate surface area is 74.5 Å². The van der Waals surface area contributed by atoms with Crippen LogP contribution in [0.5, 0.6) is 0 Å². The third kappa shape index (κ3) is 3.08. The summed E-state index contributed by atoms with van der Waals surface area (Å²) in [5.74, 6) is -2.37. The monoisotopic (exact) mass is 224 g/mol. The fraction of sp³-hybridized carbons (Fsp3) is 0.833. The second-order valence-electron chi connectivity index (χ2n) is 2.41. The van der Waals surface area contributed by atoms with Gasteiger partial charge in [-0.05, 0) is 0 Å². The molecule has 0 saturated heterocycles. The summed E-state index contributed by atoms with van der Waals surface area (Å²) in [5.41, 5.74) is 0. The Morgan fingerprint density at radius 2 is 1.29 bits per heavy atom. The molecule has 4 atom stereocenters. The summed E-state index contributed by atoms with van der Waals surface area (Å²) >= 11 is 0. The highest BCUT2D eigenvalue weighted by molar-refractivity contribution is 5.73. The first-order chi connectivity index (χ1) is 6.29. The van der Waals surface area contributed by atoms with Gasteiger partial charge in [-0.15, -0.1) is 0 Å². The molecule has 4 unspecified atom stereocenters. The third-order valence-electron chi connectivity index (χ3n) is 1.36. The van der Waals surface area contributed by atoms with E-state index in [0.29, 0.717) is 0 Å². The van der Waals surface area contributed by atoms with Crippen LogP contribution in [0, 0.1) is 0 Å². The minimum Gasteiger partial charge on any atom is -0.479 e. The van der Waals surface area contributed by atoms with Crippen molar-refractivity contribution in [1.29, 1.82) is 0 Å². The van der Waals surface area contributed by atoms with Gasteiger partial charge in [-0.2, -0.15) is 0 Å². The quantitative estimate of drug-likeness (QED) is 0.721. The van der Waals surface area contributed by atoms with Crippen LogP contribution in [0.2, 0.25) is 0 Å². The molecule has 0 aromatic rings. The summed E-state index contributed by atoms with van der Waals surface area (Å²) in [4.78, 5) is 9.75. The van der Waals surface area contributed by atoms with Crippen LogP contribution in [-0.4, -0.2) is 42.2 Å². The smallest absolute Gasteiger partial charge is 0.341 e. The zero-order valence-electron chi connectivity index (χ0n) is 6.51. The van der Waals surface area contributed by atoms with E-state index >= 15 is 0 Å². The standard InChI is InChI=1S/C6H6F6O2/c7-1(3(9)5(11)12)2(8)4(10)6(13)14/h1-5H,(H,13,14). The average Bonchev–Trinajstić information content (AvgIpc) is 2.12. The molecule has 0 aliphatic rings. The van der Waals surface area contributed by atoms with Gasteiger partial charge in [0.1, 0.15) is 0 Å². The summed E-state index contributed by atoms with van der Waals surface area (Å²) < 4.78 is 71.8. The van der Waals surface area contributed by atoms with Gasteiger partial charge in [-0.1, -0.05) is 0 Å². The first kappa shape index (κ1) is 13.0. The number of carbonyl (C=O) groups is 1. The number of carboxylic acids is 1. The summed E-state index contributed by atoms with van der Waals surface area (Å²) in [7, 11) is 0. The molecule has 0 aliphatic heterocycles. The normalized spacial score (nSPS) is 20.2. The summed E-state index contributed by atoms with van der Waals surface area (Å²) in [5, 5.41) is 7.83. The third-order valence-corrected chi connectivity index (χ3v) is 1.36. The molecular weight excluding hydrogens is 218 g/mol. The second-order valence-corrected chi connectivity index (χ2v) is 2.41. The maximum atomic E-state index is 12.3. The van der Waals surface area contributed by atoms with E-state index in [-0.39, 0.29) is 0 Å². The van der Waals surface area contributed by atoms with Gasteiger partial charge in [0.05, 0.1) is 0 Å². The van der Waals surface area contributed by atoms with Crippen molar-refractivity contribution in [2.24, 2.45) is 0 Å². The Hall–Kier alpha value is -0.950. The Balaban J connectivity index is 4.37. The Bertz CT molecular complexity index is 199. The van der Waals surface area contributed by atoms with Gasteiger partial charge in [0, 0.05) is 0 Å². The molecule has 0 aliphatic carbocycles. The van der Waals surface area contributed by atoms with E-state index in [2.05, 4.69) is 0 Å². The van der Waals surface area contributed by atoms with E-state index in [9.17, 15) is 31.1 Å². The van der Waals surface area contributed by atoms with Gasteiger partial charge in [-0.3, -0.25) is 0 Å². The summed E-state index contributed by atoms with van der Waals surface area (Å²) in [6, 6.07) is 0. The Morgan fingerprint density at radius 3 is 1.57 bits per heavy atom. The van der Waals surface area contributed by atoms with Crippen LogP contribution >= 0.6 is 0 Å². The van der Waals surface area contributed by atoms with E-state index in [0.717, 1.165) is 0 Å². The predicted octanol–water partition coefficient (Wildman–Crippen LogP) is 1.69. The summed E-state index contributed by atoms with van der Waals surface area (Å²) in [6.07, 6.45) is -17.7. The van der Waals surface area contributed by atoms with E-state index in [1.165, 1.54) is 0 Å². The van der Waals surface area contributed by atoms with Crippen molar-refractivity contribution in [3.63, 3.8) is 0 Å². The molecule has 2 nitrogen and oxygen atoms in total. The minimum absolute atomic E-state index is 2.37. The number of rotatable bonds is 5. The topological polar surface area (TPSA) is 37.3 Å². The van der Waals surface area contributed by atoms with E-state index in [4.69, 9.17) is 5.11 Å². The van der Waals surface area contributed by atoms with E-state index < -0.39 is 37.1 Å². The molecule has 0 rings (SSSR count). The van der Waals surface area contributed by atoms with Crippen molar-refractivity contribution in [1.82, 2.24) is 0 Å². The second kappa shape index (κ2) is 5.06. The molecule has 0 spiro atoms. The lowest BCUT2D eigenvalue weighted by Gasteiger charge is -2.17. The molecule has 0 radical (unpaired) electrons.